The quantitative estimate of drug-likeness (QED) is 0.644. The number of piperidine rings is 1. The Morgan fingerprint density at radius 3 is 2.67 bits per heavy atom. The average Bonchev–Trinajstić information content (AvgIpc) is 3.47. The predicted octanol–water partition coefficient (Wildman–Crippen LogP) is 0.818. The molecule has 1 aliphatic carbocycles. The topological polar surface area (TPSA) is 79.7 Å². The van der Waals surface area contributed by atoms with Crippen molar-refractivity contribution in [3.05, 3.63) is 18.0 Å². The summed E-state index contributed by atoms with van der Waals surface area (Å²) in [5, 5.41) is 7.09. The van der Waals surface area contributed by atoms with Crippen LogP contribution in [0.4, 0.5) is 0 Å². The molecule has 1 aromatic heterocycles. The van der Waals surface area contributed by atoms with Crippen LogP contribution in [0.3, 0.4) is 0 Å². The molecule has 4 rings (SSSR count). The number of likely N-dealkylation sites (tertiary alicyclic amines) is 1. The number of aromatic nitrogens is 2. The minimum Gasteiger partial charge on any atom is -0.365 e. The fraction of sp³-hybridized carbons (Fsp3) is 0.773. The lowest BCUT2D eigenvalue weighted by molar-refractivity contribution is -0.150. The second-order valence-corrected chi connectivity index (χ2v) is 9.17. The molecule has 1 atom stereocenters. The van der Waals surface area contributed by atoms with Gasteiger partial charge in [-0.15, -0.1) is 0 Å². The lowest BCUT2D eigenvalue weighted by atomic mass is 9.95. The smallest absolute Gasteiger partial charge is 0.248 e. The summed E-state index contributed by atoms with van der Waals surface area (Å²) in [4.78, 5) is 29.1. The van der Waals surface area contributed by atoms with Crippen LogP contribution in [0.5, 0.6) is 0 Å². The van der Waals surface area contributed by atoms with Gasteiger partial charge >= 0.3 is 0 Å². The number of nitrogens with zero attached hydrogens (tertiary/aromatic N) is 4. The van der Waals surface area contributed by atoms with Gasteiger partial charge in [0.1, 0.15) is 6.61 Å². The third-order valence-corrected chi connectivity index (χ3v) is 6.68. The number of morpholine rings is 1. The zero-order chi connectivity index (χ0) is 20.9. The molecule has 2 saturated heterocycles. The normalized spacial score (nSPS) is 23.7. The van der Waals surface area contributed by atoms with E-state index < -0.39 is 0 Å². The first-order valence-corrected chi connectivity index (χ1v) is 11.4. The van der Waals surface area contributed by atoms with Crippen molar-refractivity contribution in [2.24, 2.45) is 18.9 Å². The van der Waals surface area contributed by atoms with Crippen LogP contribution >= 0.6 is 0 Å². The summed E-state index contributed by atoms with van der Waals surface area (Å²) in [6, 6.07) is 1.93. The summed E-state index contributed by atoms with van der Waals surface area (Å²) in [7, 11) is 1.88. The monoisotopic (exact) mass is 417 g/mol. The molecule has 0 bridgehead atoms. The first-order valence-electron chi connectivity index (χ1n) is 11.4. The summed E-state index contributed by atoms with van der Waals surface area (Å²) in [6.45, 7) is 5.56. The van der Waals surface area contributed by atoms with Crippen LogP contribution in [-0.4, -0.2) is 83.4 Å². The molecule has 3 heterocycles. The lowest BCUT2D eigenvalue weighted by Gasteiger charge is -2.38. The molecule has 2 amide bonds. The molecule has 8 nitrogen and oxygen atoms in total. The van der Waals surface area contributed by atoms with Crippen LogP contribution in [0.25, 0.3) is 0 Å². The van der Waals surface area contributed by atoms with Gasteiger partial charge in [-0.1, -0.05) is 0 Å². The number of rotatable bonds is 9. The molecule has 0 aromatic carbocycles. The number of ether oxygens (including phenoxy) is 1. The SMILES string of the molecule is Cn1nccc1CCC(=O)NCC1CN(CC2CCN(CC3CC3)CC2)C(=O)CO1. The van der Waals surface area contributed by atoms with E-state index in [2.05, 4.69) is 15.3 Å². The summed E-state index contributed by atoms with van der Waals surface area (Å²) < 4.78 is 7.46. The Labute approximate surface area is 178 Å². The lowest BCUT2D eigenvalue weighted by Crippen LogP contribution is -2.52. The Hall–Kier alpha value is -1.93. The van der Waals surface area contributed by atoms with Crippen molar-refractivity contribution < 1.29 is 14.3 Å². The van der Waals surface area contributed by atoms with Crippen LogP contribution in [0.1, 0.15) is 37.8 Å². The van der Waals surface area contributed by atoms with Crippen molar-refractivity contribution in [3.63, 3.8) is 0 Å². The zero-order valence-electron chi connectivity index (χ0n) is 18.1. The summed E-state index contributed by atoms with van der Waals surface area (Å²) >= 11 is 0. The molecule has 2 aliphatic heterocycles. The molecule has 3 fully saturated rings. The highest BCUT2D eigenvalue weighted by molar-refractivity contribution is 5.78. The highest BCUT2D eigenvalue weighted by Crippen LogP contribution is 2.31. The van der Waals surface area contributed by atoms with Crippen molar-refractivity contribution in [2.45, 2.75) is 44.6 Å². The van der Waals surface area contributed by atoms with E-state index >= 15 is 0 Å². The van der Waals surface area contributed by atoms with Crippen LogP contribution < -0.4 is 5.32 Å². The first-order chi connectivity index (χ1) is 14.6. The number of aryl methyl sites for hydroxylation is 2. The van der Waals surface area contributed by atoms with Gasteiger partial charge in [-0.05, 0) is 63.1 Å². The number of amides is 2. The molecule has 166 valence electrons. The Kier molecular flexibility index (Phi) is 7.04. The van der Waals surface area contributed by atoms with Gasteiger partial charge in [0.15, 0.2) is 0 Å². The second-order valence-electron chi connectivity index (χ2n) is 9.17. The minimum absolute atomic E-state index is 0.00582. The van der Waals surface area contributed by atoms with Gasteiger partial charge in [0.2, 0.25) is 11.8 Å². The van der Waals surface area contributed by atoms with Crippen LogP contribution in [-0.2, 0) is 27.8 Å². The molecule has 1 unspecified atom stereocenters. The zero-order valence-corrected chi connectivity index (χ0v) is 18.1. The number of hydrogen-bond donors (Lipinski definition) is 1. The standard InChI is InChI=1S/C22H35N5O3/c1-25-19(6-9-24-25)4-5-21(28)23-12-20-15-27(22(29)16-30-20)14-18-7-10-26(11-8-18)13-17-2-3-17/h6,9,17-18,20H,2-5,7-8,10-16H2,1H3,(H,23,28). The van der Waals surface area contributed by atoms with Crippen molar-refractivity contribution in [3.8, 4) is 0 Å². The molecular weight excluding hydrogens is 382 g/mol. The van der Waals surface area contributed by atoms with E-state index in [0.29, 0.717) is 31.8 Å². The summed E-state index contributed by atoms with van der Waals surface area (Å²) in [6.07, 6.45) is 7.86. The van der Waals surface area contributed by atoms with E-state index in [4.69, 9.17) is 4.74 Å². The third kappa shape index (κ3) is 6.04. The number of nitrogens with one attached hydrogen (secondary N) is 1. The van der Waals surface area contributed by atoms with Crippen molar-refractivity contribution >= 4 is 11.8 Å². The molecule has 3 aliphatic rings. The maximum absolute atomic E-state index is 12.3. The van der Waals surface area contributed by atoms with Crippen LogP contribution in [0, 0.1) is 11.8 Å². The van der Waals surface area contributed by atoms with Gasteiger partial charge in [0.05, 0.1) is 6.10 Å². The Morgan fingerprint density at radius 2 is 1.97 bits per heavy atom. The Bertz CT molecular complexity index is 724. The predicted molar refractivity (Wildman–Crippen MR) is 113 cm³/mol. The van der Waals surface area contributed by atoms with Gasteiger partial charge in [0, 0.05) is 51.5 Å². The highest BCUT2D eigenvalue weighted by atomic mass is 16.5. The second kappa shape index (κ2) is 9.92. The molecule has 8 heteroatoms. The fourth-order valence-corrected chi connectivity index (χ4v) is 4.51. The molecule has 1 aromatic rings. The molecule has 30 heavy (non-hydrogen) atoms. The van der Waals surface area contributed by atoms with Gasteiger partial charge in [-0.2, -0.15) is 5.10 Å². The maximum atomic E-state index is 12.3. The first kappa shape index (κ1) is 21.3. The summed E-state index contributed by atoms with van der Waals surface area (Å²) in [5.74, 6) is 1.61. The number of hydrogen-bond acceptors (Lipinski definition) is 5. The fourth-order valence-electron chi connectivity index (χ4n) is 4.51. The van der Waals surface area contributed by atoms with Crippen LogP contribution in [0.2, 0.25) is 0 Å². The van der Waals surface area contributed by atoms with E-state index in [1.54, 1.807) is 10.9 Å². The van der Waals surface area contributed by atoms with Gasteiger partial charge in [-0.25, -0.2) is 0 Å². The largest absolute Gasteiger partial charge is 0.365 e. The number of carbonyl (C=O) groups excluding carboxylic acids is 2. The van der Waals surface area contributed by atoms with E-state index in [-0.39, 0.29) is 24.5 Å². The Balaban J connectivity index is 1.15. The molecule has 1 N–H and O–H groups in total. The Morgan fingerprint density at radius 1 is 1.20 bits per heavy atom. The van der Waals surface area contributed by atoms with Crippen molar-refractivity contribution in [2.75, 3.05) is 45.9 Å². The van der Waals surface area contributed by atoms with E-state index in [1.807, 2.05) is 18.0 Å². The third-order valence-electron chi connectivity index (χ3n) is 6.68. The molecular formula is C22H35N5O3. The maximum Gasteiger partial charge on any atom is 0.248 e. The van der Waals surface area contributed by atoms with E-state index in [9.17, 15) is 9.59 Å². The van der Waals surface area contributed by atoms with Crippen LogP contribution in [0.15, 0.2) is 12.3 Å². The highest BCUT2D eigenvalue weighted by Gasteiger charge is 2.31. The van der Waals surface area contributed by atoms with Crippen molar-refractivity contribution in [1.82, 2.24) is 24.9 Å². The van der Waals surface area contributed by atoms with Crippen molar-refractivity contribution in [1.29, 1.82) is 0 Å². The van der Waals surface area contributed by atoms with E-state index in [1.165, 1.54) is 32.2 Å². The van der Waals surface area contributed by atoms with Gasteiger partial charge in [0.25, 0.3) is 0 Å². The average molecular weight is 418 g/mol. The van der Waals surface area contributed by atoms with Gasteiger partial charge in [-0.3, -0.25) is 14.3 Å². The molecule has 0 radical (unpaired) electrons. The minimum atomic E-state index is -0.127. The van der Waals surface area contributed by atoms with E-state index in [0.717, 1.165) is 31.2 Å². The molecule has 1 saturated carbocycles. The number of carbonyl (C=O) groups is 2. The summed E-state index contributed by atoms with van der Waals surface area (Å²) in [5.41, 5.74) is 1.04. The van der Waals surface area contributed by atoms with Gasteiger partial charge < -0.3 is 19.9 Å². The molecule has 0 spiro atoms.